The molecule has 0 spiro atoms. The van der Waals surface area contributed by atoms with Crippen LogP contribution in [0, 0.1) is 0 Å². The molecule has 0 radical (unpaired) electrons. The predicted octanol–water partition coefficient (Wildman–Crippen LogP) is 12.0. The van der Waals surface area contributed by atoms with Gasteiger partial charge in [0.15, 0.2) is 0 Å². The molecule has 0 saturated heterocycles. The van der Waals surface area contributed by atoms with Gasteiger partial charge in [0.05, 0.1) is 0 Å². The van der Waals surface area contributed by atoms with E-state index in [1.54, 1.807) is 0 Å². The first-order chi connectivity index (χ1) is 20.8. The van der Waals surface area contributed by atoms with Gasteiger partial charge >= 0.3 is 0 Å². The fourth-order valence-corrected chi connectivity index (χ4v) is 7.11. The number of rotatable bonds is 5. The first-order valence-electron chi connectivity index (χ1n) is 14.3. The van der Waals surface area contributed by atoms with Crippen LogP contribution in [0.25, 0.3) is 64.3 Å². The van der Waals surface area contributed by atoms with Crippen molar-refractivity contribution in [2.45, 2.75) is 0 Å². The molecule has 0 aliphatic carbocycles. The third kappa shape index (κ3) is 4.43. The van der Waals surface area contributed by atoms with Crippen molar-refractivity contribution >= 4 is 53.7 Å². The molecular weight excluding hydrogens is 527 g/mol. The topological polar surface area (TPSA) is 12.0 Å². The number of anilines is 2. The fourth-order valence-electron chi connectivity index (χ4n) is 5.96. The van der Waals surface area contributed by atoms with Gasteiger partial charge < -0.3 is 5.32 Å². The molecule has 0 fully saturated rings. The molecule has 1 aromatic heterocycles. The molecule has 0 atom stereocenters. The molecule has 0 amide bonds. The highest BCUT2D eigenvalue weighted by Crippen LogP contribution is 2.39. The van der Waals surface area contributed by atoms with Crippen LogP contribution < -0.4 is 5.32 Å². The minimum absolute atomic E-state index is 1.07. The Morgan fingerprint density at radius 1 is 0.381 bits per heavy atom. The molecule has 8 rings (SSSR count). The van der Waals surface area contributed by atoms with Crippen molar-refractivity contribution < 1.29 is 0 Å². The SMILES string of the molecule is c1ccc(-c2cc(-c3ccc4c(c3)sc3ccccc34)ccc2Nc2ccc(-c3cccc4ccccc34)cc2)cc1. The Hall–Kier alpha value is -5.18. The Morgan fingerprint density at radius 3 is 1.90 bits per heavy atom. The average Bonchev–Trinajstić information content (AvgIpc) is 3.43. The summed E-state index contributed by atoms with van der Waals surface area (Å²) in [4.78, 5) is 0. The predicted molar refractivity (Wildman–Crippen MR) is 183 cm³/mol. The van der Waals surface area contributed by atoms with Crippen molar-refractivity contribution in [3.05, 3.63) is 158 Å². The molecule has 1 N–H and O–H groups in total. The molecule has 8 aromatic rings. The van der Waals surface area contributed by atoms with E-state index in [0.29, 0.717) is 0 Å². The van der Waals surface area contributed by atoms with E-state index in [1.165, 1.54) is 64.3 Å². The first kappa shape index (κ1) is 24.6. The van der Waals surface area contributed by atoms with Crippen LogP contribution in [-0.2, 0) is 0 Å². The van der Waals surface area contributed by atoms with Crippen molar-refractivity contribution in [2.75, 3.05) is 5.32 Å². The smallest absolute Gasteiger partial charge is 0.0464 e. The van der Waals surface area contributed by atoms with E-state index in [-0.39, 0.29) is 0 Å². The third-order valence-corrected chi connectivity index (χ3v) is 9.21. The van der Waals surface area contributed by atoms with Crippen molar-refractivity contribution in [2.24, 2.45) is 0 Å². The standard InChI is InChI=1S/C40H27NS/c1-2-9-28(10-3-1)37-25-30(31-19-23-36-35-14-6-7-16-39(35)42-40(36)26-31)20-24-38(37)41-32-21-17-29(18-22-32)34-15-8-12-27-11-4-5-13-33(27)34/h1-26,41H. The van der Waals surface area contributed by atoms with Crippen LogP contribution in [0.3, 0.4) is 0 Å². The Morgan fingerprint density at radius 2 is 1.02 bits per heavy atom. The van der Waals surface area contributed by atoms with Gasteiger partial charge in [0, 0.05) is 37.1 Å². The zero-order chi connectivity index (χ0) is 27.9. The second-order valence-corrected chi connectivity index (χ2v) is 11.7. The molecule has 0 aliphatic heterocycles. The van der Waals surface area contributed by atoms with Crippen molar-refractivity contribution in [1.29, 1.82) is 0 Å². The van der Waals surface area contributed by atoms with E-state index in [4.69, 9.17) is 0 Å². The number of nitrogens with one attached hydrogen (secondary N) is 1. The first-order valence-corrected chi connectivity index (χ1v) is 15.1. The number of hydrogen-bond donors (Lipinski definition) is 1. The quantitative estimate of drug-likeness (QED) is 0.223. The largest absolute Gasteiger partial charge is 0.355 e. The van der Waals surface area contributed by atoms with Gasteiger partial charge in [-0.3, -0.25) is 0 Å². The van der Waals surface area contributed by atoms with Crippen LogP contribution >= 0.6 is 11.3 Å². The summed E-state index contributed by atoms with van der Waals surface area (Å²) in [5.74, 6) is 0. The highest BCUT2D eigenvalue weighted by atomic mass is 32.1. The Kier molecular flexibility index (Phi) is 6.05. The minimum Gasteiger partial charge on any atom is -0.355 e. The van der Waals surface area contributed by atoms with E-state index in [1.807, 2.05) is 11.3 Å². The maximum absolute atomic E-state index is 3.71. The van der Waals surface area contributed by atoms with Crippen LogP contribution in [-0.4, -0.2) is 0 Å². The molecule has 0 bridgehead atoms. The van der Waals surface area contributed by atoms with Gasteiger partial charge in [-0.15, -0.1) is 11.3 Å². The van der Waals surface area contributed by atoms with E-state index in [2.05, 4.69) is 163 Å². The lowest BCUT2D eigenvalue weighted by molar-refractivity contribution is 1.52. The van der Waals surface area contributed by atoms with Crippen molar-refractivity contribution in [1.82, 2.24) is 0 Å². The Balaban J connectivity index is 1.16. The lowest BCUT2D eigenvalue weighted by Crippen LogP contribution is -1.94. The Labute approximate surface area is 249 Å². The van der Waals surface area contributed by atoms with E-state index < -0.39 is 0 Å². The normalized spacial score (nSPS) is 11.3. The average molecular weight is 554 g/mol. The molecule has 0 saturated carbocycles. The summed E-state index contributed by atoms with van der Waals surface area (Å²) in [5.41, 5.74) is 9.45. The zero-order valence-corrected chi connectivity index (χ0v) is 23.7. The van der Waals surface area contributed by atoms with Crippen molar-refractivity contribution in [3.8, 4) is 33.4 Å². The number of hydrogen-bond acceptors (Lipinski definition) is 2. The summed E-state index contributed by atoms with van der Waals surface area (Å²) < 4.78 is 2.66. The molecule has 1 heterocycles. The fraction of sp³-hybridized carbons (Fsp3) is 0. The van der Waals surface area contributed by atoms with Gasteiger partial charge in [0.1, 0.15) is 0 Å². The molecule has 2 heteroatoms. The number of thiophene rings is 1. The molecule has 0 unspecified atom stereocenters. The van der Waals surface area contributed by atoms with Crippen LogP contribution in [0.5, 0.6) is 0 Å². The van der Waals surface area contributed by atoms with Gasteiger partial charge in [-0.1, -0.05) is 121 Å². The third-order valence-electron chi connectivity index (χ3n) is 8.08. The molecule has 42 heavy (non-hydrogen) atoms. The molecule has 7 aromatic carbocycles. The van der Waals surface area contributed by atoms with Crippen LogP contribution in [0.4, 0.5) is 11.4 Å². The molecular formula is C40H27NS. The summed E-state index contributed by atoms with van der Waals surface area (Å²) in [7, 11) is 0. The Bertz CT molecular complexity index is 2200. The molecule has 1 nitrogen and oxygen atoms in total. The summed E-state index contributed by atoms with van der Waals surface area (Å²) in [6.45, 7) is 0. The van der Waals surface area contributed by atoms with Crippen molar-refractivity contribution in [3.63, 3.8) is 0 Å². The van der Waals surface area contributed by atoms with E-state index in [0.717, 1.165) is 11.4 Å². The summed E-state index contributed by atoms with van der Waals surface area (Å²) in [6.07, 6.45) is 0. The maximum atomic E-state index is 3.71. The summed E-state index contributed by atoms with van der Waals surface area (Å²) in [6, 6.07) is 56.8. The van der Waals surface area contributed by atoms with Gasteiger partial charge in [0.25, 0.3) is 0 Å². The van der Waals surface area contributed by atoms with E-state index in [9.17, 15) is 0 Å². The lowest BCUT2D eigenvalue weighted by Gasteiger charge is -2.15. The monoisotopic (exact) mass is 553 g/mol. The lowest BCUT2D eigenvalue weighted by atomic mass is 9.96. The molecule has 198 valence electrons. The highest BCUT2D eigenvalue weighted by molar-refractivity contribution is 7.25. The highest BCUT2D eigenvalue weighted by Gasteiger charge is 2.11. The summed E-state index contributed by atoms with van der Waals surface area (Å²) in [5, 5.41) is 8.91. The number of benzene rings is 7. The maximum Gasteiger partial charge on any atom is 0.0464 e. The second-order valence-electron chi connectivity index (χ2n) is 10.7. The van der Waals surface area contributed by atoms with Gasteiger partial charge in [0.2, 0.25) is 0 Å². The zero-order valence-electron chi connectivity index (χ0n) is 22.9. The second kappa shape index (κ2) is 10.3. The van der Waals surface area contributed by atoms with Crippen LogP contribution in [0.1, 0.15) is 0 Å². The molecule has 0 aliphatic rings. The van der Waals surface area contributed by atoms with Gasteiger partial charge in [-0.2, -0.15) is 0 Å². The van der Waals surface area contributed by atoms with Gasteiger partial charge in [-0.05, 0) is 75.0 Å². The minimum atomic E-state index is 1.07. The summed E-state index contributed by atoms with van der Waals surface area (Å²) >= 11 is 1.86. The van der Waals surface area contributed by atoms with Gasteiger partial charge in [-0.25, -0.2) is 0 Å². The van der Waals surface area contributed by atoms with E-state index >= 15 is 0 Å². The van der Waals surface area contributed by atoms with Crippen LogP contribution in [0.15, 0.2) is 158 Å². The van der Waals surface area contributed by atoms with Crippen LogP contribution in [0.2, 0.25) is 0 Å². The number of fused-ring (bicyclic) bond motifs is 4.